The Morgan fingerprint density at radius 3 is 2.80 bits per heavy atom. The quantitative estimate of drug-likeness (QED) is 0.106. The van der Waals surface area contributed by atoms with Gasteiger partial charge in [-0.25, -0.2) is 0 Å². The number of aliphatic hydroxyl groups is 1. The van der Waals surface area contributed by atoms with Crippen LogP contribution in [0.1, 0.15) is 57.4 Å². The van der Waals surface area contributed by atoms with Gasteiger partial charge in [0, 0.05) is 18.4 Å². The van der Waals surface area contributed by atoms with E-state index in [9.17, 15) is 23.1 Å². The highest BCUT2D eigenvalue weighted by atomic mass is 19.4. The van der Waals surface area contributed by atoms with Gasteiger partial charge in [0.2, 0.25) is 0 Å². The van der Waals surface area contributed by atoms with E-state index in [0.29, 0.717) is 12.8 Å². The summed E-state index contributed by atoms with van der Waals surface area (Å²) in [5, 5.41) is 10.5. The summed E-state index contributed by atoms with van der Waals surface area (Å²) in [5.74, 6) is -0.0227. The zero-order valence-corrected chi connectivity index (χ0v) is 23.1. The summed E-state index contributed by atoms with van der Waals surface area (Å²) in [7, 11) is -0.246. The zero-order chi connectivity index (χ0) is 29.0. The van der Waals surface area contributed by atoms with Gasteiger partial charge in [-0.2, -0.15) is 13.2 Å². The van der Waals surface area contributed by atoms with E-state index < -0.39 is 17.8 Å². The minimum Gasteiger partial charge on any atom is -0.491 e. The Balaban J connectivity index is 1.56. The van der Waals surface area contributed by atoms with Crippen LogP contribution in [-0.4, -0.2) is 49.7 Å². The summed E-state index contributed by atoms with van der Waals surface area (Å²) in [5.41, 5.74) is -0.799. The number of alkyl halides is 3. The first-order valence-corrected chi connectivity index (χ1v) is 14.1. The fraction of sp³-hybridized carbons (Fsp3) is 0.567. The van der Waals surface area contributed by atoms with E-state index in [4.69, 9.17) is 18.8 Å². The topological polar surface area (TPSA) is 74.2 Å². The average Bonchev–Trinajstić information content (AvgIpc) is 3.17. The Morgan fingerprint density at radius 2 is 2.05 bits per heavy atom. The molecule has 0 amide bonds. The standard InChI is InChI=1S/C30H40BF3O6/c1-3-5-17-31-39-27-20-28(40-31)26(25(27)13-8-6-7-9-14-29(36)37-18-4-2)16-15-23(35)21-38-24-12-10-11-22(19-24)30(32,33)34/h4,6,8,10-12,15-16,19,23,25-28,35H,2-3,5,7,9,13-14,17-18,20-21H2,1H3/b8-6-,16-15+/t23-,25-,26-,27+,28-/m1/s1. The normalized spacial score (nSPS) is 23.6. The number of unbranched alkanes of at least 4 members (excludes halogenated alkanes) is 2. The van der Waals surface area contributed by atoms with Crippen LogP contribution < -0.4 is 4.74 Å². The maximum Gasteiger partial charge on any atom is 0.457 e. The number of carbonyl (C=O) groups is 1. The Bertz CT molecular complexity index is 998. The van der Waals surface area contributed by atoms with E-state index in [1.165, 1.54) is 12.1 Å². The lowest BCUT2D eigenvalue weighted by atomic mass is 9.80. The molecule has 1 aromatic carbocycles. The largest absolute Gasteiger partial charge is 0.491 e. The maximum absolute atomic E-state index is 13.0. The third-order valence-electron chi connectivity index (χ3n) is 7.14. The van der Waals surface area contributed by atoms with Crippen molar-refractivity contribution in [1.29, 1.82) is 0 Å². The number of carbonyl (C=O) groups excluding carboxylic acids is 1. The minimum atomic E-state index is -4.46. The molecule has 0 aromatic heterocycles. The summed E-state index contributed by atoms with van der Waals surface area (Å²) in [6.45, 7) is 5.70. The molecule has 1 aliphatic carbocycles. The van der Waals surface area contributed by atoms with Gasteiger partial charge < -0.3 is 23.9 Å². The van der Waals surface area contributed by atoms with Gasteiger partial charge in [0.25, 0.3) is 0 Å². The zero-order valence-electron chi connectivity index (χ0n) is 23.1. The molecule has 0 radical (unpaired) electrons. The van der Waals surface area contributed by atoms with Crippen LogP contribution in [-0.2, 0) is 25.0 Å². The van der Waals surface area contributed by atoms with Crippen molar-refractivity contribution in [3.63, 3.8) is 0 Å². The number of hydrogen-bond donors (Lipinski definition) is 1. The van der Waals surface area contributed by atoms with Crippen molar-refractivity contribution in [2.45, 2.75) is 82.7 Å². The predicted molar refractivity (Wildman–Crippen MR) is 148 cm³/mol. The molecule has 3 rings (SSSR count). The summed E-state index contributed by atoms with van der Waals surface area (Å²) < 4.78 is 61.8. The summed E-state index contributed by atoms with van der Waals surface area (Å²) in [4.78, 5) is 11.6. The molecule has 1 N–H and O–H groups in total. The third kappa shape index (κ3) is 10.1. The van der Waals surface area contributed by atoms with E-state index in [2.05, 4.69) is 25.7 Å². The van der Waals surface area contributed by atoms with Gasteiger partial charge in [0.15, 0.2) is 0 Å². The lowest BCUT2D eigenvalue weighted by Gasteiger charge is -2.27. The monoisotopic (exact) mass is 564 g/mol. The molecule has 1 saturated carbocycles. The van der Waals surface area contributed by atoms with Crippen LogP contribution in [0.4, 0.5) is 13.2 Å². The molecule has 5 atom stereocenters. The molecule has 220 valence electrons. The number of hydrogen-bond acceptors (Lipinski definition) is 6. The van der Waals surface area contributed by atoms with Crippen molar-refractivity contribution in [2.24, 2.45) is 11.8 Å². The number of esters is 1. The number of halogens is 3. The second-order valence-electron chi connectivity index (χ2n) is 10.3. The molecule has 2 bridgehead atoms. The number of fused-ring (bicyclic) bond motifs is 2. The van der Waals surface area contributed by atoms with Crippen molar-refractivity contribution >= 4 is 13.1 Å². The lowest BCUT2D eigenvalue weighted by molar-refractivity contribution is -0.142. The molecule has 6 nitrogen and oxygen atoms in total. The van der Waals surface area contributed by atoms with E-state index in [1.807, 2.05) is 6.08 Å². The van der Waals surface area contributed by atoms with Crippen LogP contribution in [0.25, 0.3) is 0 Å². The molecule has 1 heterocycles. The molecule has 0 spiro atoms. The number of aliphatic hydroxyl groups excluding tert-OH is 1. The Hall–Kier alpha value is -2.56. The van der Waals surface area contributed by atoms with Gasteiger partial charge in [-0.05, 0) is 56.1 Å². The van der Waals surface area contributed by atoms with E-state index >= 15 is 0 Å². The fourth-order valence-electron chi connectivity index (χ4n) is 5.11. The van der Waals surface area contributed by atoms with Gasteiger partial charge >= 0.3 is 19.3 Å². The first kappa shape index (κ1) is 32.0. The lowest BCUT2D eigenvalue weighted by Crippen LogP contribution is -2.37. The Kier molecular flexibility index (Phi) is 12.8. The van der Waals surface area contributed by atoms with Crippen LogP contribution in [0.2, 0.25) is 6.32 Å². The van der Waals surface area contributed by atoms with Crippen molar-refractivity contribution in [3.05, 3.63) is 66.8 Å². The summed E-state index contributed by atoms with van der Waals surface area (Å²) >= 11 is 0. The summed E-state index contributed by atoms with van der Waals surface area (Å²) in [6, 6.07) is 4.60. The maximum atomic E-state index is 13.0. The molecule has 10 heteroatoms. The van der Waals surface area contributed by atoms with Crippen molar-refractivity contribution in [3.8, 4) is 5.75 Å². The average molecular weight is 564 g/mol. The molecular weight excluding hydrogens is 524 g/mol. The van der Waals surface area contributed by atoms with E-state index in [1.54, 1.807) is 12.2 Å². The minimum absolute atomic E-state index is 0.0124. The molecule has 40 heavy (non-hydrogen) atoms. The van der Waals surface area contributed by atoms with Crippen LogP contribution in [0.5, 0.6) is 5.75 Å². The molecule has 1 aliphatic heterocycles. The second-order valence-corrected chi connectivity index (χ2v) is 10.3. The van der Waals surface area contributed by atoms with Gasteiger partial charge in [0.1, 0.15) is 25.1 Å². The first-order chi connectivity index (χ1) is 19.2. The smallest absolute Gasteiger partial charge is 0.457 e. The highest BCUT2D eigenvalue weighted by molar-refractivity contribution is 6.44. The fourth-order valence-corrected chi connectivity index (χ4v) is 5.11. The van der Waals surface area contributed by atoms with E-state index in [0.717, 1.165) is 50.6 Å². The van der Waals surface area contributed by atoms with Crippen molar-refractivity contribution in [1.82, 2.24) is 0 Å². The molecular formula is C30H40BF3O6. The van der Waals surface area contributed by atoms with Crippen molar-refractivity contribution in [2.75, 3.05) is 13.2 Å². The predicted octanol–water partition coefficient (Wildman–Crippen LogP) is 6.56. The Labute approximate surface area is 235 Å². The number of ether oxygens (including phenoxy) is 2. The SMILES string of the molecule is C=CCOC(=O)CCC/C=C\C[C@@H]1[C@@H](/C=C/[C@@H](O)COc2cccc(C(F)(F)F)c2)[C@H]2C[C@@H]1OB(CCCC)O2. The van der Waals surface area contributed by atoms with E-state index in [-0.39, 0.29) is 56.1 Å². The van der Waals surface area contributed by atoms with Crippen molar-refractivity contribution < 1.29 is 41.9 Å². The van der Waals surface area contributed by atoms with Gasteiger partial charge in [-0.15, -0.1) is 0 Å². The van der Waals surface area contributed by atoms with Gasteiger partial charge in [0.05, 0.1) is 11.7 Å². The van der Waals surface area contributed by atoms with Gasteiger partial charge in [-0.3, -0.25) is 4.79 Å². The molecule has 1 saturated heterocycles. The first-order valence-electron chi connectivity index (χ1n) is 14.1. The number of rotatable bonds is 16. The molecule has 1 aromatic rings. The van der Waals surface area contributed by atoms with Crippen LogP contribution >= 0.6 is 0 Å². The second kappa shape index (κ2) is 16.0. The highest BCUT2D eigenvalue weighted by Gasteiger charge is 2.49. The Morgan fingerprint density at radius 1 is 1.25 bits per heavy atom. The van der Waals surface area contributed by atoms with Crippen LogP contribution in [0, 0.1) is 11.8 Å². The highest BCUT2D eigenvalue weighted by Crippen LogP contribution is 2.44. The van der Waals surface area contributed by atoms with Gasteiger partial charge in [-0.1, -0.05) is 62.8 Å². The molecule has 2 fully saturated rings. The molecule has 2 aliphatic rings. The van der Waals surface area contributed by atoms with Crippen LogP contribution in [0.3, 0.4) is 0 Å². The number of benzene rings is 1. The number of allylic oxidation sites excluding steroid dienone is 2. The summed E-state index contributed by atoms with van der Waals surface area (Å²) in [6.07, 6.45) is 10.1. The third-order valence-corrected chi connectivity index (χ3v) is 7.14. The van der Waals surface area contributed by atoms with Crippen LogP contribution in [0.15, 0.2) is 61.2 Å². The molecule has 0 unspecified atom stereocenters.